The first-order chi connectivity index (χ1) is 10.1. The average molecular weight is 352 g/mol. The molecule has 0 spiro atoms. The Morgan fingerprint density at radius 2 is 1.90 bits per heavy atom. The smallest absolute Gasteiger partial charge is 0.0424 e. The van der Waals surface area contributed by atoms with Gasteiger partial charge in [-0.3, -0.25) is 4.90 Å². The Balaban J connectivity index is 1.69. The van der Waals surface area contributed by atoms with Gasteiger partial charge in [-0.25, -0.2) is 0 Å². The first kappa shape index (κ1) is 15.3. The highest BCUT2D eigenvalue weighted by Crippen LogP contribution is 2.30. The molecule has 2 fully saturated rings. The van der Waals surface area contributed by atoms with E-state index in [1.54, 1.807) is 0 Å². The predicted octanol–water partition coefficient (Wildman–Crippen LogP) is 3.23. The minimum atomic E-state index is 0.521. The van der Waals surface area contributed by atoms with E-state index in [0.29, 0.717) is 6.04 Å². The summed E-state index contributed by atoms with van der Waals surface area (Å²) in [5.41, 5.74) is 2.81. The monoisotopic (exact) mass is 351 g/mol. The van der Waals surface area contributed by atoms with Crippen molar-refractivity contribution in [2.45, 2.75) is 45.3 Å². The maximum absolute atomic E-state index is 3.63. The first-order valence-corrected chi connectivity index (χ1v) is 8.93. The quantitative estimate of drug-likeness (QED) is 0.878. The van der Waals surface area contributed by atoms with Gasteiger partial charge in [0.15, 0.2) is 0 Å². The van der Waals surface area contributed by atoms with Gasteiger partial charge in [0.1, 0.15) is 0 Å². The minimum Gasteiger partial charge on any atom is -0.369 e. The molecule has 1 aromatic rings. The van der Waals surface area contributed by atoms with Crippen molar-refractivity contribution < 1.29 is 0 Å². The lowest BCUT2D eigenvalue weighted by molar-refractivity contribution is 0.248. The molecule has 1 heterocycles. The molecule has 2 aliphatic rings. The highest BCUT2D eigenvalue weighted by atomic mass is 79.9. The van der Waals surface area contributed by atoms with E-state index >= 15 is 0 Å². The van der Waals surface area contributed by atoms with Gasteiger partial charge in [0.2, 0.25) is 0 Å². The third-order valence-electron chi connectivity index (χ3n) is 4.47. The molecule has 116 valence electrons. The molecule has 0 atom stereocenters. The summed E-state index contributed by atoms with van der Waals surface area (Å²) >= 11 is 3.63. The molecule has 21 heavy (non-hydrogen) atoms. The van der Waals surface area contributed by atoms with Crippen molar-refractivity contribution in [2.24, 2.45) is 0 Å². The second-order valence-electron chi connectivity index (χ2n) is 6.56. The summed E-state index contributed by atoms with van der Waals surface area (Å²) in [5.74, 6) is 0. The average Bonchev–Trinajstić information content (AvgIpc) is 3.30. The van der Waals surface area contributed by atoms with Crippen LogP contribution in [0.25, 0.3) is 0 Å². The normalized spacial score (nSPS) is 20.3. The van der Waals surface area contributed by atoms with Gasteiger partial charge in [0.05, 0.1) is 0 Å². The summed E-state index contributed by atoms with van der Waals surface area (Å²) in [5, 5.41) is 3.55. The Kier molecular flexibility index (Phi) is 4.87. The number of benzene rings is 1. The second-order valence-corrected chi connectivity index (χ2v) is 7.48. The molecule has 1 N–H and O–H groups in total. The number of nitrogens with one attached hydrogen (secondary N) is 1. The first-order valence-electron chi connectivity index (χ1n) is 8.14. The van der Waals surface area contributed by atoms with Crippen LogP contribution in [0.1, 0.15) is 32.3 Å². The van der Waals surface area contributed by atoms with Gasteiger partial charge in [-0.15, -0.1) is 0 Å². The van der Waals surface area contributed by atoms with Crippen molar-refractivity contribution in [3.63, 3.8) is 0 Å². The molecule has 3 rings (SSSR count). The van der Waals surface area contributed by atoms with E-state index in [1.807, 2.05) is 0 Å². The lowest BCUT2D eigenvalue weighted by atomic mass is 10.1. The maximum atomic E-state index is 3.63. The van der Waals surface area contributed by atoms with Crippen LogP contribution in [0.2, 0.25) is 0 Å². The molecule has 3 nitrogen and oxygen atoms in total. The summed E-state index contributed by atoms with van der Waals surface area (Å²) in [7, 11) is 0. The SMILES string of the molecule is CC(C)NCc1ccc(Br)cc1N1CCN(C2CC2)CC1. The Hall–Kier alpha value is -0.580. The van der Waals surface area contributed by atoms with Crippen LogP contribution in [0.3, 0.4) is 0 Å². The van der Waals surface area contributed by atoms with Crippen LogP contribution >= 0.6 is 15.9 Å². The third kappa shape index (κ3) is 3.99. The number of hydrogen-bond donors (Lipinski definition) is 1. The van der Waals surface area contributed by atoms with Crippen LogP contribution in [0.4, 0.5) is 5.69 Å². The number of piperazine rings is 1. The zero-order valence-electron chi connectivity index (χ0n) is 13.1. The Morgan fingerprint density at radius 3 is 2.52 bits per heavy atom. The van der Waals surface area contributed by atoms with Gasteiger partial charge >= 0.3 is 0 Å². The van der Waals surface area contributed by atoms with Crippen molar-refractivity contribution in [1.29, 1.82) is 0 Å². The van der Waals surface area contributed by atoms with E-state index in [4.69, 9.17) is 0 Å². The van der Waals surface area contributed by atoms with Gasteiger partial charge < -0.3 is 10.2 Å². The van der Waals surface area contributed by atoms with Gasteiger partial charge in [0, 0.05) is 55.0 Å². The van der Waals surface area contributed by atoms with E-state index in [9.17, 15) is 0 Å². The molecule has 4 heteroatoms. The number of nitrogens with zero attached hydrogens (tertiary/aromatic N) is 2. The zero-order chi connectivity index (χ0) is 14.8. The number of halogens is 1. The summed E-state index contributed by atoms with van der Waals surface area (Å²) in [4.78, 5) is 5.22. The summed E-state index contributed by atoms with van der Waals surface area (Å²) < 4.78 is 1.18. The Morgan fingerprint density at radius 1 is 1.19 bits per heavy atom. The standard InChI is InChI=1S/C17H26BrN3/c1-13(2)19-12-14-3-4-15(18)11-17(14)21-9-7-20(8-10-21)16-5-6-16/h3-4,11,13,16,19H,5-10,12H2,1-2H3. The molecule has 0 aromatic heterocycles. The van der Waals surface area contributed by atoms with Crippen LogP contribution in [0, 0.1) is 0 Å². The molecule has 1 saturated heterocycles. The van der Waals surface area contributed by atoms with E-state index in [1.165, 1.54) is 41.7 Å². The van der Waals surface area contributed by atoms with E-state index in [-0.39, 0.29) is 0 Å². The zero-order valence-corrected chi connectivity index (χ0v) is 14.7. The lowest BCUT2D eigenvalue weighted by Crippen LogP contribution is -2.47. The highest BCUT2D eigenvalue weighted by molar-refractivity contribution is 9.10. The van der Waals surface area contributed by atoms with Crippen molar-refractivity contribution in [1.82, 2.24) is 10.2 Å². The van der Waals surface area contributed by atoms with E-state index in [0.717, 1.165) is 25.7 Å². The summed E-state index contributed by atoms with van der Waals surface area (Å²) in [6.45, 7) is 10.1. The van der Waals surface area contributed by atoms with Crippen molar-refractivity contribution in [3.05, 3.63) is 28.2 Å². The van der Waals surface area contributed by atoms with Crippen LogP contribution < -0.4 is 10.2 Å². The molecule has 0 bridgehead atoms. The fourth-order valence-electron chi connectivity index (χ4n) is 3.06. The van der Waals surface area contributed by atoms with Gasteiger partial charge in [0.25, 0.3) is 0 Å². The van der Waals surface area contributed by atoms with Crippen molar-refractivity contribution in [3.8, 4) is 0 Å². The molecule has 1 aliphatic heterocycles. The predicted molar refractivity (Wildman–Crippen MR) is 92.9 cm³/mol. The van der Waals surface area contributed by atoms with E-state index < -0.39 is 0 Å². The lowest BCUT2D eigenvalue weighted by Gasteiger charge is -2.37. The van der Waals surface area contributed by atoms with Crippen molar-refractivity contribution >= 4 is 21.6 Å². The minimum absolute atomic E-state index is 0.521. The molecular formula is C17H26BrN3. The molecule has 1 aromatic carbocycles. The van der Waals surface area contributed by atoms with Crippen LogP contribution in [0.5, 0.6) is 0 Å². The highest BCUT2D eigenvalue weighted by Gasteiger charge is 2.31. The summed E-state index contributed by atoms with van der Waals surface area (Å²) in [6, 6.07) is 8.11. The van der Waals surface area contributed by atoms with E-state index in [2.05, 4.69) is 63.1 Å². The number of hydrogen-bond acceptors (Lipinski definition) is 3. The Labute approximate surface area is 136 Å². The van der Waals surface area contributed by atoms with Crippen molar-refractivity contribution in [2.75, 3.05) is 31.1 Å². The Bertz CT molecular complexity index is 477. The van der Waals surface area contributed by atoms with Crippen LogP contribution in [-0.2, 0) is 6.54 Å². The third-order valence-corrected chi connectivity index (χ3v) is 4.96. The molecule has 0 amide bonds. The number of anilines is 1. The van der Waals surface area contributed by atoms with Gasteiger partial charge in [-0.05, 0) is 30.5 Å². The fraction of sp³-hybridized carbons (Fsp3) is 0.647. The van der Waals surface area contributed by atoms with Gasteiger partial charge in [-0.2, -0.15) is 0 Å². The largest absolute Gasteiger partial charge is 0.369 e. The number of rotatable bonds is 5. The molecule has 0 radical (unpaired) electrons. The molecule has 0 unspecified atom stereocenters. The molecule has 1 saturated carbocycles. The summed E-state index contributed by atoms with van der Waals surface area (Å²) in [6.07, 6.45) is 2.83. The molecule has 1 aliphatic carbocycles. The molecular weight excluding hydrogens is 326 g/mol. The van der Waals surface area contributed by atoms with Crippen LogP contribution in [0.15, 0.2) is 22.7 Å². The van der Waals surface area contributed by atoms with Gasteiger partial charge in [-0.1, -0.05) is 35.8 Å². The topological polar surface area (TPSA) is 18.5 Å². The fourth-order valence-corrected chi connectivity index (χ4v) is 3.41. The second kappa shape index (κ2) is 6.67. The van der Waals surface area contributed by atoms with Crippen LogP contribution in [-0.4, -0.2) is 43.2 Å². The maximum Gasteiger partial charge on any atom is 0.0424 e.